The lowest BCUT2D eigenvalue weighted by atomic mass is 9.91. The van der Waals surface area contributed by atoms with Crippen LogP contribution in [-0.4, -0.2) is 47.3 Å². The Morgan fingerprint density at radius 2 is 1.87 bits per heavy atom. The summed E-state index contributed by atoms with van der Waals surface area (Å²) in [5.41, 5.74) is 1.17. The predicted octanol–water partition coefficient (Wildman–Crippen LogP) is 2.14. The Kier molecular flexibility index (Phi) is 4.21. The molecule has 0 N–H and O–H groups in total. The van der Waals surface area contributed by atoms with Gasteiger partial charge in [0.2, 0.25) is 5.91 Å². The van der Waals surface area contributed by atoms with Crippen LogP contribution in [-0.2, 0) is 14.6 Å². The van der Waals surface area contributed by atoms with Crippen LogP contribution in [0.2, 0.25) is 0 Å². The van der Waals surface area contributed by atoms with Crippen molar-refractivity contribution in [2.24, 2.45) is 0 Å². The molecule has 1 aromatic heterocycles. The quantitative estimate of drug-likeness (QED) is 0.845. The molecule has 126 valence electrons. The van der Waals surface area contributed by atoms with E-state index in [2.05, 4.69) is 4.98 Å². The molecule has 5 nitrogen and oxygen atoms in total. The zero-order valence-electron chi connectivity index (χ0n) is 13.7. The van der Waals surface area contributed by atoms with Gasteiger partial charge >= 0.3 is 0 Å². The van der Waals surface area contributed by atoms with Crippen LogP contribution >= 0.6 is 0 Å². The Hall–Kier alpha value is -1.43. The number of sulfone groups is 1. The fourth-order valence-electron chi connectivity index (χ4n) is 3.37. The van der Waals surface area contributed by atoms with Crippen LogP contribution in [0, 0.1) is 0 Å². The van der Waals surface area contributed by atoms with Crippen molar-refractivity contribution < 1.29 is 13.2 Å². The lowest BCUT2D eigenvalue weighted by Gasteiger charge is -2.37. The number of pyridine rings is 1. The first-order valence-electron chi connectivity index (χ1n) is 8.27. The summed E-state index contributed by atoms with van der Waals surface area (Å²) in [5, 5.41) is -0.317. The predicted molar refractivity (Wildman–Crippen MR) is 88.8 cm³/mol. The molecule has 3 rings (SSSR count). The molecule has 1 saturated carbocycles. The fourth-order valence-corrected chi connectivity index (χ4v) is 5.33. The molecule has 0 radical (unpaired) electrons. The normalized spacial score (nSPS) is 22.9. The number of carbonyl (C=O) groups excluding carboxylic acids is 1. The lowest BCUT2D eigenvalue weighted by molar-refractivity contribution is -0.134. The molecule has 2 aliphatic rings. The van der Waals surface area contributed by atoms with E-state index in [1.807, 2.05) is 12.1 Å². The molecule has 2 heterocycles. The fraction of sp³-hybridized carbons (Fsp3) is 0.647. The maximum atomic E-state index is 12.9. The summed E-state index contributed by atoms with van der Waals surface area (Å²) < 4.78 is 23.9. The third-order valence-corrected chi connectivity index (χ3v) is 8.02. The highest BCUT2D eigenvalue weighted by atomic mass is 32.2. The van der Waals surface area contributed by atoms with E-state index in [0.717, 1.165) is 12.8 Å². The zero-order valence-corrected chi connectivity index (χ0v) is 14.6. The van der Waals surface area contributed by atoms with E-state index in [4.69, 9.17) is 0 Å². The van der Waals surface area contributed by atoms with Crippen LogP contribution in [0.1, 0.15) is 51.0 Å². The molecule has 1 unspecified atom stereocenters. The van der Waals surface area contributed by atoms with Crippen LogP contribution in [0.15, 0.2) is 24.5 Å². The maximum Gasteiger partial charge on any atom is 0.243 e. The Morgan fingerprint density at radius 1 is 1.22 bits per heavy atom. The van der Waals surface area contributed by atoms with Gasteiger partial charge in [-0.15, -0.1) is 0 Å². The maximum absolute atomic E-state index is 12.9. The molecule has 0 spiro atoms. The van der Waals surface area contributed by atoms with Crippen LogP contribution in [0.3, 0.4) is 0 Å². The topological polar surface area (TPSA) is 67.3 Å². The minimum Gasteiger partial charge on any atom is -0.341 e. The number of nitrogens with zero attached hydrogens (tertiary/aromatic N) is 2. The van der Waals surface area contributed by atoms with Crippen molar-refractivity contribution >= 4 is 15.7 Å². The van der Waals surface area contributed by atoms with E-state index >= 15 is 0 Å². The molecule has 1 aliphatic heterocycles. The second kappa shape index (κ2) is 5.89. The van der Waals surface area contributed by atoms with E-state index < -0.39 is 14.6 Å². The molecule has 6 heteroatoms. The summed E-state index contributed by atoms with van der Waals surface area (Å²) in [6.07, 6.45) is 6.83. The highest BCUT2D eigenvalue weighted by Crippen LogP contribution is 2.38. The summed E-state index contributed by atoms with van der Waals surface area (Å²) >= 11 is 0. The molecule has 2 fully saturated rings. The van der Waals surface area contributed by atoms with E-state index in [-0.39, 0.29) is 17.1 Å². The monoisotopic (exact) mass is 336 g/mol. The lowest BCUT2D eigenvalue weighted by Crippen LogP contribution is -2.53. The third-order valence-electron chi connectivity index (χ3n) is 5.08. The van der Waals surface area contributed by atoms with Gasteiger partial charge in [-0.3, -0.25) is 9.78 Å². The van der Waals surface area contributed by atoms with E-state index in [9.17, 15) is 13.2 Å². The van der Waals surface area contributed by atoms with Gasteiger partial charge < -0.3 is 4.90 Å². The smallest absolute Gasteiger partial charge is 0.243 e. The van der Waals surface area contributed by atoms with Crippen molar-refractivity contribution in [2.75, 3.05) is 13.1 Å². The van der Waals surface area contributed by atoms with Gasteiger partial charge in [0.25, 0.3) is 0 Å². The van der Waals surface area contributed by atoms with Crippen molar-refractivity contribution in [1.82, 2.24) is 9.88 Å². The molecular formula is C17H24N2O3S. The Morgan fingerprint density at radius 3 is 2.48 bits per heavy atom. The zero-order chi connectivity index (χ0) is 16.7. The molecule has 1 atom stereocenters. The molecule has 0 aromatic carbocycles. The largest absolute Gasteiger partial charge is 0.341 e. The van der Waals surface area contributed by atoms with Crippen LogP contribution in [0.4, 0.5) is 0 Å². The Labute approximate surface area is 138 Å². The molecular weight excluding hydrogens is 312 g/mol. The van der Waals surface area contributed by atoms with Gasteiger partial charge in [-0.1, -0.05) is 0 Å². The number of aromatic nitrogens is 1. The number of piperidine rings is 1. The molecule has 1 aromatic rings. The number of rotatable bonds is 4. The Bertz CT molecular complexity index is 681. The molecule has 1 saturated heterocycles. The first-order chi connectivity index (χ1) is 10.8. The molecule has 23 heavy (non-hydrogen) atoms. The SMILES string of the molecule is CC(C)(C(=O)N1CCCC(c2ccncc2)C1)S(=O)(=O)C1CC1. The molecule has 1 aliphatic carbocycles. The summed E-state index contributed by atoms with van der Waals surface area (Å²) in [6.45, 7) is 4.37. The van der Waals surface area contributed by atoms with Crippen molar-refractivity contribution in [3.63, 3.8) is 0 Å². The molecule has 0 bridgehead atoms. The summed E-state index contributed by atoms with van der Waals surface area (Å²) in [4.78, 5) is 18.7. The first kappa shape index (κ1) is 16.4. The minimum absolute atomic E-state index is 0.247. The Balaban J connectivity index is 1.77. The second-order valence-electron chi connectivity index (χ2n) is 7.13. The van der Waals surface area contributed by atoms with Crippen molar-refractivity contribution in [1.29, 1.82) is 0 Å². The van der Waals surface area contributed by atoms with Gasteiger partial charge in [0, 0.05) is 31.4 Å². The minimum atomic E-state index is -3.40. The summed E-state index contributed by atoms with van der Waals surface area (Å²) in [6, 6.07) is 3.95. The highest BCUT2D eigenvalue weighted by Gasteiger charge is 2.52. The van der Waals surface area contributed by atoms with Gasteiger partial charge in [0.05, 0.1) is 5.25 Å². The van der Waals surface area contributed by atoms with Crippen LogP contribution < -0.4 is 0 Å². The van der Waals surface area contributed by atoms with Crippen molar-refractivity contribution in [2.45, 2.75) is 55.4 Å². The summed E-state index contributed by atoms with van der Waals surface area (Å²) in [5.74, 6) is 0.0123. The average molecular weight is 336 g/mol. The highest BCUT2D eigenvalue weighted by molar-refractivity contribution is 7.94. The number of hydrogen-bond donors (Lipinski definition) is 0. The average Bonchev–Trinajstić information content (AvgIpc) is 3.40. The number of likely N-dealkylation sites (tertiary alicyclic amines) is 1. The van der Waals surface area contributed by atoms with E-state index in [1.54, 1.807) is 31.1 Å². The summed E-state index contributed by atoms with van der Waals surface area (Å²) in [7, 11) is -3.40. The van der Waals surface area contributed by atoms with Gasteiger partial charge in [-0.05, 0) is 57.2 Å². The first-order valence-corrected chi connectivity index (χ1v) is 9.81. The number of hydrogen-bond acceptors (Lipinski definition) is 4. The van der Waals surface area contributed by atoms with Gasteiger partial charge in [0.1, 0.15) is 4.75 Å². The number of amides is 1. The van der Waals surface area contributed by atoms with Crippen LogP contribution in [0.25, 0.3) is 0 Å². The van der Waals surface area contributed by atoms with Crippen LogP contribution in [0.5, 0.6) is 0 Å². The van der Waals surface area contributed by atoms with Crippen molar-refractivity contribution in [3.05, 3.63) is 30.1 Å². The van der Waals surface area contributed by atoms with E-state index in [1.165, 1.54) is 5.56 Å². The van der Waals surface area contributed by atoms with E-state index in [0.29, 0.717) is 25.9 Å². The van der Waals surface area contributed by atoms with Gasteiger partial charge in [-0.25, -0.2) is 8.42 Å². The van der Waals surface area contributed by atoms with Gasteiger partial charge in [0.15, 0.2) is 9.84 Å². The third kappa shape index (κ3) is 3.01. The second-order valence-corrected chi connectivity index (χ2v) is 9.90. The number of carbonyl (C=O) groups is 1. The van der Waals surface area contributed by atoms with Gasteiger partial charge in [-0.2, -0.15) is 0 Å². The van der Waals surface area contributed by atoms with Crippen molar-refractivity contribution in [3.8, 4) is 0 Å². The molecule has 1 amide bonds. The standard InChI is InChI=1S/C17H24N2O3S/c1-17(2,23(21,22)15-5-6-15)16(20)19-11-3-4-14(12-19)13-7-9-18-10-8-13/h7-10,14-15H,3-6,11-12H2,1-2H3.